The average Bonchev–Trinajstić information content (AvgIpc) is 2.09. The van der Waals surface area contributed by atoms with E-state index in [1.807, 2.05) is 0 Å². The molecule has 0 unspecified atom stereocenters. The zero-order valence-electron chi connectivity index (χ0n) is 8.47. The van der Waals surface area contributed by atoms with Crippen LogP contribution in [0.5, 0.6) is 0 Å². The molecule has 0 aromatic heterocycles. The van der Waals surface area contributed by atoms with E-state index in [-0.39, 0.29) is 0 Å². The second-order valence-electron chi connectivity index (χ2n) is 3.50. The lowest BCUT2D eigenvalue weighted by atomic mass is 9.84. The van der Waals surface area contributed by atoms with Crippen molar-refractivity contribution in [2.24, 2.45) is 5.41 Å². The number of rotatable bonds is 7. The van der Waals surface area contributed by atoms with Crippen molar-refractivity contribution in [3.8, 4) is 0 Å². The predicted octanol–water partition coefficient (Wildman–Crippen LogP) is 1.11. The van der Waals surface area contributed by atoms with Gasteiger partial charge in [0.25, 0.3) is 0 Å². The van der Waals surface area contributed by atoms with Crippen LogP contribution >= 0.6 is 0 Å². The van der Waals surface area contributed by atoms with Gasteiger partial charge >= 0.3 is 0 Å². The van der Waals surface area contributed by atoms with Gasteiger partial charge in [0, 0.05) is 19.1 Å². The third-order valence-electron chi connectivity index (χ3n) is 2.47. The van der Waals surface area contributed by atoms with Gasteiger partial charge in [0.1, 0.15) is 0 Å². The molecule has 4 heteroatoms. The van der Waals surface area contributed by atoms with Crippen molar-refractivity contribution in [1.29, 1.82) is 0 Å². The van der Waals surface area contributed by atoms with Crippen molar-refractivity contribution < 1.29 is 13.9 Å². The second-order valence-corrected chi connectivity index (χ2v) is 4.69. The Morgan fingerprint density at radius 3 is 2.69 bits per heavy atom. The monoisotopic (exact) mass is 202 g/mol. The Morgan fingerprint density at radius 1 is 1.46 bits per heavy atom. The van der Waals surface area contributed by atoms with Crippen molar-refractivity contribution >= 4 is 9.76 Å². The summed E-state index contributed by atoms with van der Waals surface area (Å²) in [7, 11) is 2.30. The fourth-order valence-electron chi connectivity index (χ4n) is 1.28. The van der Waals surface area contributed by atoms with E-state index in [9.17, 15) is 0 Å². The highest BCUT2D eigenvalue weighted by Crippen LogP contribution is 2.31. The minimum atomic E-state index is 0.330. The van der Waals surface area contributed by atoms with Gasteiger partial charge in [-0.1, -0.05) is 6.92 Å². The SMILES string of the molecule is CCC1(COCC[Si]OC)COC1. The van der Waals surface area contributed by atoms with Gasteiger partial charge in [0.2, 0.25) is 9.76 Å². The standard InChI is InChI=1S/C9H18O3Si/c1-3-9(7-12-8-9)6-11-4-5-13-10-2/h3-8H2,1-2H3. The molecule has 1 fully saturated rings. The molecule has 13 heavy (non-hydrogen) atoms. The van der Waals surface area contributed by atoms with E-state index in [4.69, 9.17) is 13.9 Å². The molecule has 0 spiro atoms. The Kier molecular flexibility index (Phi) is 4.94. The highest BCUT2D eigenvalue weighted by atomic mass is 28.2. The van der Waals surface area contributed by atoms with Gasteiger partial charge in [-0.15, -0.1) is 0 Å². The molecule has 1 saturated heterocycles. The minimum Gasteiger partial charge on any atom is -0.420 e. The molecule has 0 saturated carbocycles. The first-order valence-electron chi connectivity index (χ1n) is 4.74. The van der Waals surface area contributed by atoms with Crippen LogP contribution in [0, 0.1) is 5.41 Å². The third-order valence-corrected chi connectivity index (χ3v) is 3.16. The van der Waals surface area contributed by atoms with Crippen LogP contribution in [0.15, 0.2) is 0 Å². The van der Waals surface area contributed by atoms with Crippen molar-refractivity contribution in [1.82, 2.24) is 0 Å². The van der Waals surface area contributed by atoms with Crippen LogP contribution in [0.25, 0.3) is 0 Å². The second kappa shape index (κ2) is 5.75. The van der Waals surface area contributed by atoms with Gasteiger partial charge in [-0.05, 0) is 12.5 Å². The molecule has 0 aromatic rings. The molecule has 0 aromatic carbocycles. The first-order valence-corrected chi connectivity index (χ1v) is 5.86. The molecule has 1 heterocycles. The summed E-state index contributed by atoms with van der Waals surface area (Å²) in [6.07, 6.45) is 1.15. The predicted molar refractivity (Wildman–Crippen MR) is 51.9 cm³/mol. The van der Waals surface area contributed by atoms with Crippen LogP contribution in [0.3, 0.4) is 0 Å². The van der Waals surface area contributed by atoms with Gasteiger partial charge in [-0.25, -0.2) is 0 Å². The number of ether oxygens (including phenoxy) is 2. The molecule has 1 rings (SSSR count). The van der Waals surface area contributed by atoms with Crippen LogP contribution in [-0.4, -0.2) is 43.3 Å². The zero-order valence-corrected chi connectivity index (χ0v) is 9.47. The minimum absolute atomic E-state index is 0.330. The lowest BCUT2D eigenvalue weighted by Gasteiger charge is -2.40. The smallest absolute Gasteiger partial charge is 0.231 e. The number of hydrogen-bond donors (Lipinski definition) is 0. The Balaban J connectivity index is 1.98. The first-order chi connectivity index (χ1) is 6.33. The molecule has 2 radical (unpaired) electrons. The fourth-order valence-corrected chi connectivity index (χ4v) is 1.72. The van der Waals surface area contributed by atoms with Crippen LogP contribution in [0.1, 0.15) is 13.3 Å². The summed E-state index contributed by atoms with van der Waals surface area (Å²) in [6, 6.07) is 1.01. The maximum Gasteiger partial charge on any atom is 0.231 e. The van der Waals surface area contributed by atoms with Gasteiger partial charge in [0.05, 0.1) is 19.8 Å². The van der Waals surface area contributed by atoms with Crippen LogP contribution in [0.4, 0.5) is 0 Å². The van der Waals surface area contributed by atoms with E-state index in [0.29, 0.717) is 15.2 Å². The van der Waals surface area contributed by atoms with Crippen molar-refractivity contribution in [3.05, 3.63) is 0 Å². The fraction of sp³-hybridized carbons (Fsp3) is 1.00. The van der Waals surface area contributed by atoms with E-state index in [2.05, 4.69) is 6.92 Å². The average molecular weight is 202 g/mol. The van der Waals surface area contributed by atoms with Gasteiger partial charge in [-0.3, -0.25) is 0 Å². The van der Waals surface area contributed by atoms with E-state index in [1.54, 1.807) is 7.11 Å². The lowest BCUT2D eigenvalue weighted by Crippen LogP contribution is -2.45. The molecule has 0 N–H and O–H groups in total. The molecule has 0 bridgehead atoms. The van der Waals surface area contributed by atoms with Crippen LogP contribution in [-0.2, 0) is 13.9 Å². The molecule has 0 amide bonds. The molecule has 0 atom stereocenters. The summed E-state index contributed by atoms with van der Waals surface area (Å²) in [4.78, 5) is 0. The van der Waals surface area contributed by atoms with Gasteiger partial charge < -0.3 is 13.9 Å². The Hall–Kier alpha value is 0.0969. The van der Waals surface area contributed by atoms with Gasteiger partial charge in [-0.2, -0.15) is 0 Å². The highest BCUT2D eigenvalue weighted by Gasteiger charge is 2.36. The van der Waals surface area contributed by atoms with Crippen molar-refractivity contribution in [3.63, 3.8) is 0 Å². The highest BCUT2D eigenvalue weighted by molar-refractivity contribution is 6.26. The number of hydrogen-bond acceptors (Lipinski definition) is 3. The van der Waals surface area contributed by atoms with E-state index in [0.717, 1.165) is 38.9 Å². The molecular formula is C9H18O3Si. The summed E-state index contributed by atoms with van der Waals surface area (Å²) in [6.45, 7) is 5.60. The molecule has 3 nitrogen and oxygen atoms in total. The van der Waals surface area contributed by atoms with Crippen LogP contribution < -0.4 is 0 Å². The quantitative estimate of drug-likeness (QED) is 0.457. The van der Waals surface area contributed by atoms with Crippen molar-refractivity contribution in [2.45, 2.75) is 19.4 Å². The molecule has 1 aliphatic heterocycles. The summed E-state index contributed by atoms with van der Waals surface area (Å²) in [5, 5.41) is 0. The molecular weight excluding hydrogens is 184 g/mol. The summed E-state index contributed by atoms with van der Waals surface area (Å²) >= 11 is 0. The van der Waals surface area contributed by atoms with E-state index < -0.39 is 0 Å². The maximum absolute atomic E-state index is 5.58. The van der Waals surface area contributed by atoms with Crippen molar-refractivity contribution in [2.75, 3.05) is 33.5 Å². The summed E-state index contributed by atoms with van der Waals surface area (Å²) in [5.74, 6) is 0. The lowest BCUT2D eigenvalue weighted by molar-refractivity contribution is -0.149. The summed E-state index contributed by atoms with van der Waals surface area (Å²) in [5.41, 5.74) is 0.330. The maximum atomic E-state index is 5.58. The first kappa shape index (κ1) is 11.2. The molecule has 1 aliphatic rings. The van der Waals surface area contributed by atoms with E-state index in [1.165, 1.54) is 0 Å². The van der Waals surface area contributed by atoms with E-state index >= 15 is 0 Å². The topological polar surface area (TPSA) is 27.7 Å². The Morgan fingerprint density at radius 2 is 2.23 bits per heavy atom. The summed E-state index contributed by atoms with van der Waals surface area (Å²) < 4.78 is 15.7. The van der Waals surface area contributed by atoms with Gasteiger partial charge in [0.15, 0.2) is 0 Å². The normalized spacial score (nSPS) is 19.8. The Labute approximate surface area is 82.7 Å². The Bertz CT molecular complexity index is 131. The largest absolute Gasteiger partial charge is 0.420 e. The molecule has 76 valence electrons. The third kappa shape index (κ3) is 3.38. The molecule has 0 aliphatic carbocycles. The van der Waals surface area contributed by atoms with Crippen LogP contribution in [0.2, 0.25) is 6.04 Å². The zero-order chi connectivity index (χ0) is 9.57.